The number of aromatic amines is 1. The molecule has 1 aromatic heterocycles. The zero-order valence-electron chi connectivity index (χ0n) is 20.1. The summed E-state index contributed by atoms with van der Waals surface area (Å²) >= 11 is 5.83. The van der Waals surface area contributed by atoms with Crippen LogP contribution >= 0.6 is 12.2 Å². The van der Waals surface area contributed by atoms with E-state index in [1.807, 2.05) is 53.4 Å². The Morgan fingerprint density at radius 1 is 0.943 bits per heavy atom. The fourth-order valence-electron chi connectivity index (χ4n) is 4.01. The van der Waals surface area contributed by atoms with Gasteiger partial charge in [0.1, 0.15) is 0 Å². The first-order chi connectivity index (χ1) is 17.0. The normalized spacial score (nSPS) is 11.6. The van der Waals surface area contributed by atoms with Crippen LogP contribution in [0.5, 0.6) is 11.5 Å². The molecule has 0 saturated heterocycles. The van der Waals surface area contributed by atoms with E-state index in [1.54, 1.807) is 20.3 Å². The van der Waals surface area contributed by atoms with Crippen molar-refractivity contribution in [3.05, 3.63) is 106 Å². The third kappa shape index (κ3) is 5.81. The lowest BCUT2D eigenvalue weighted by Gasteiger charge is -2.28. The van der Waals surface area contributed by atoms with Crippen LogP contribution in [-0.2, 0) is 13.1 Å². The molecule has 0 radical (unpaired) electrons. The second-order valence-corrected chi connectivity index (χ2v) is 8.73. The lowest BCUT2D eigenvalue weighted by molar-refractivity contribution is 0.355. The van der Waals surface area contributed by atoms with Gasteiger partial charge >= 0.3 is 0 Å². The molecule has 0 aliphatic rings. The lowest BCUT2D eigenvalue weighted by atomic mass is 10.1. The largest absolute Gasteiger partial charge is 0.493 e. The monoisotopic (exact) mass is 487 g/mol. The quantitative estimate of drug-likeness (QED) is 0.334. The van der Waals surface area contributed by atoms with E-state index in [0.717, 1.165) is 16.5 Å². The van der Waals surface area contributed by atoms with Crippen LogP contribution in [0.3, 0.4) is 0 Å². The molecule has 0 amide bonds. The van der Waals surface area contributed by atoms with Gasteiger partial charge < -0.3 is 24.7 Å². The zero-order chi connectivity index (χ0) is 24.8. The highest BCUT2D eigenvalue weighted by Gasteiger charge is 2.17. The van der Waals surface area contributed by atoms with Gasteiger partial charge in [0, 0.05) is 23.6 Å². The van der Waals surface area contributed by atoms with E-state index in [-0.39, 0.29) is 11.6 Å². The summed E-state index contributed by atoms with van der Waals surface area (Å²) < 4.78 is 10.8. The van der Waals surface area contributed by atoms with E-state index >= 15 is 0 Å². The predicted molar refractivity (Wildman–Crippen MR) is 144 cm³/mol. The van der Waals surface area contributed by atoms with Gasteiger partial charge in [0.25, 0.3) is 5.56 Å². The van der Waals surface area contributed by atoms with E-state index < -0.39 is 0 Å². The van der Waals surface area contributed by atoms with Gasteiger partial charge in [-0.2, -0.15) is 0 Å². The van der Waals surface area contributed by atoms with Gasteiger partial charge in [-0.3, -0.25) is 4.79 Å². The van der Waals surface area contributed by atoms with Crippen molar-refractivity contribution in [3.8, 4) is 11.5 Å². The van der Waals surface area contributed by atoms with Crippen molar-refractivity contribution >= 4 is 28.2 Å². The lowest BCUT2D eigenvalue weighted by Crippen LogP contribution is -2.41. The summed E-state index contributed by atoms with van der Waals surface area (Å²) in [5.41, 5.74) is 3.37. The standard InChI is InChI=1S/C28H29N3O3S/c1-19(21-12-8-5-9-13-21)29-28(35)31(17-20-10-6-4-7-11-20)18-23-14-22-15-25(33-2)26(34-3)16-24(22)30-27(23)32/h4-16,19H,17-18H2,1-3H3,(H,29,35)(H,30,32). The molecule has 1 atom stereocenters. The second kappa shape index (κ2) is 11.1. The first kappa shape index (κ1) is 24.3. The predicted octanol–water partition coefficient (Wildman–Crippen LogP) is 5.18. The number of hydrogen-bond acceptors (Lipinski definition) is 4. The SMILES string of the molecule is COc1cc2cc(CN(Cc3ccccc3)C(=S)NC(C)c3ccccc3)c(=O)[nH]c2cc1OC. The van der Waals surface area contributed by atoms with Crippen LogP contribution in [0.15, 0.2) is 83.7 Å². The van der Waals surface area contributed by atoms with Crippen molar-refractivity contribution in [1.82, 2.24) is 15.2 Å². The van der Waals surface area contributed by atoms with Gasteiger partial charge in [0.05, 0.1) is 32.3 Å². The smallest absolute Gasteiger partial charge is 0.253 e. The van der Waals surface area contributed by atoms with E-state index in [1.165, 1.54) is 0 Å². The Morgan fingerprint density at radius 2 is 1.57 bits per heavy atom. The minimum Gasteiger partial charge on any atom is -0.493 e. The van der Waals surface area contributed by atoms with Crippen molar-refractivity contribution in [1.29, 1.82) is 0 Å². The topological polar surface area (TPSA) is 66.6 Å². The molecule has 1 unspecified atom stereocenters. The number of pyridine rings is 1. The van der Waals surface area contributed by atoms with Gasteiger partial charge in [-0.05, 0) is 42.4 Å². The summed E-state index contributed by atoms with van der Waals surface area (Å²) in [6.07, 6.45) is 0. The molecule has 0 spiro atoms. The second-order valence-electron chi connectivity index (χ2n) is 8.34. The third-order valence-electron chi connectivity index (χ3n) is 5.93. The Hall–Kier alpha value is -3.84. The number of ether oxygens (including phenoxy) is 2. The summed E-state index contributed by atoms with van der Waals surface area (Å²) in [5, 5.41) is 4.87. The number of fused-ring (bicyclic) bond motifs is 1. The number of H-pyrrole nitrogens is 1. The maximum absolute atomic E-state index is 13.0. The van der Waals surface area contributed by atoms with Crippen LogP contribution in [0.4, 0.5) is 0 Å². The Bertz CT molecular complexity index is 1360. The van der Waals surface area contributed by atoms with Crippen molar-refractivity contribution in [2.24, 2.45) is 0 Å². The molecule has 6 nitrogen and oxygen atoms in total. The van der Waals surface area contributed by atoms with Gasteiger partial charge in [-0.25, -0.2) is 0 Å². The summed E-state index contributed by atoms with van der Waals surface area (Å²) in [6, 6.07) is 25.8. The van der Waals surface area contributed by atoms with E-state index in [2.05, 4.69) is 41.5 Å². The van der Waals surface area contributed by atoms with Gasteiger partial charge in [-0.1, -0.05) is 60.7 Å². The Kier molecular flexibility index (Phi) is 7.67. The van der Waals surface area contributed by atoms with E-state index in [9.17, 15) is 4.79 Å². The molecular formula is C28H29N3O3S. The summed E-state index contributed by atoms with van der Waals surface area (Å²) in [7, 11) is 3.16. The number of thiocarbonyl (C=S) groups is 1. The minimum atomic E-state index is -0.165. The molecule has 0 saturated carbocycles. The van der Waals surface area contributed by atoms with Crippen LogP contribution < -0.4 is 20.3 Å². The Balaban J connectivity index is 1.64. The maximum atomic E-state index is 13.0. The Morgan fingerprint density at radius 3 is 2.23 bits per heavy atom. The third-order valence-corrected chi connectivity index (χ3v) is 6.31. The molecule has 0 bridgehead atoms. The molecule has 35 heavy (non-hydrogen) atoms. The molecule has 0 fully saturated rings. The maximum Gasteiger partial charge on any atom is 0.253 e. The fraction of sp³-hybridized carbons (Fsp3) is 0.214. The number of nitrogens with one attached hydrogen (secondary N) is 2. The first-order valence-corrected chi connectivity index (χ1v) is 11.8. The van der Waals surface area contributed by atoms with Crippen LogP contribution in [0, 0.1) is 0 Å². The number of aromatic nitrogens is 1. The minimum absolute atomic E-state index is 0.0218. The Labute approximate surface area is 210 Å². The molecule has 0 aliphatic carbocycles. The summed E-state index contributed by atoms with van der Waals surface area (Å²) in [5.74, 6) is 1.17. The molecule has 2 N–H and O–H groups in total. The fourth-order valence-corrected chi connectivity index (χ4v) is 4.31. The zero-order valence-corrected chi connectivity index (χ0v) is 20.9. The molecule has 180 valence electrons. The number of benzene rings is 3. The van der Waals surface area contributed by atoms with Gasteiger partial charge in [0.15, 0.2) is 16.6 Å². The highest BCUT2D eigenvalue weighted by Crippen LogP contribution is 2.31. The summed E-state index contributed by atoms with van der Waals surface area (Å²) in [4.78, 5) is 18.0. The van der Waals surface area contributed by atoms with Gasteiger partial charge in [-0.15, -0.1) is 0 Å². The average molecular weight is 488 g/mol. The molecule has 7 heteroatoms. The molecule has 4 rings (SSSR count). The van der Waals surface area contributed by atoms with Crippen molar-refractivity contribution in [2.45, 2.75) is 26.1 Å². The van der Waals surface area contributed by atoms with Crippen LogP contribution in [-0.4, -0.2) is 29.2 Å². The number of hydrogen-bond donors (Lipinski definition) is 2. The van der Waals surface area contributed by atoms with Crippen LogP contribution in [0.25, 0.3) is 10.9 Å². The number of methoxy groups -OCH3 is 2. The van der Waals surface area contributed by atoms with Crippen molar-refractivity contribution in [2.75, 3.05) is 14.2 Å². The van der Waals surface area contributed by atoms with Gasteiger partial charge in [0.2, 0.25) is 0 Å². The first-order valence-electron chi connectivity index (χ1n) is 11.4. The average Bonchev–Trinajstić information content (AvgIpc) is 2.89. The highest BCUT2D eigenvalue weighted by molar-refractivity contribution is 7.80. The van der Waals surface area contributed by atoms with Crippen LogP contribution in [0.2, 0.25) is 0 Å². The van der Waals surface area contributed by atoms with E-state index in [0.29, 0.717) is 40.8 Å². The highest BCUT2D eigenvalue weighted by atomic mass is 32.1. The number of rotatable bonds is 8. The molecule has 3 aromatic carbocycles. The number of nitrogens with zero attached hydrogens (tertiary/aromatic N) is 1. The molecule has 1 heterocycles. The van der Waals surface area contributed by atoms with Crippen molar-refractivity contribution < 1.29 is 9.47 Å². The summed E-state index contributed by atoms with van der Waals surface area (Å²) in [6.45, 7) is 2.99. The molecule has 4 aromatic rings. The molecular weight excluding hydrogens is 458 g/mol. The van der Waals surface area contributed by atoms with Crippen molar-refractivity contribution in [3.63, 3.8) is 0 Å². The van der Waals surface area contributed by atoms with Crippen LogP contribution in [0.1, 0.15) is 29.7 Å². The molecule has 0 aliphatic heterocycles. The van der Waals surface area contributed by atoms with E-state index in [4.69, 9.17) is 21.7 Å².